The van der Waals surface area contributed by atoms with Gasteiger partial charge in [0.1, 0.15) is 22.5 Å². The summed E-state index contributed by atoms with van der Waals surface area (Å²) in [6, 6.07) is 8.51. The van der Waals surface area contributed by atoms with Crippen LogP contribution in [0.2, 0.25) is 0 Å². The molecule has 192 valence electrons. The number of rotatable bonds is 8. The Balaban J connectivity index is 1.63. The third-order valence-electron chi connectivity index (χ3n) is 5.36. The minimum absolute atomic E-state index is 0.0315. The van der Waals surface area contributed by atoms with E-state index >= 15 is 0 Å². The van der Waals surface area contributed by atoms with Crippen molar-refractivity contribution in [2.24, 2.45) is 5.73 Å². The van der Waals surface area contributed by atoms with Gasteiger partial charge >= 0.3 is 0 Å². The average molecular weight is 528 g/mol. The molecule has 0 aliphatic rings. The summed E-state index contributed by atoms with van der Waals surface area (Å²) < 4.78 is 31.2. The van der Waals surface area contributed by atoms with Crippen molar-refractivity contribution in [3.63, 3.8) is 0 Å². The zero-order chi connectivity index (χ0) is 26.9. The quantitative estimate of drug-likeness (QED) is 0.275. The molecule has 37 heavy (non-hydrogen) atoms. The fourth-order valence-electron chi connectivity index (χ4n) is 3.48. The second-order valence-electron chi connectivity index (χ2n) is 8.61. The molecular formula is C24H23F2N7O3S. The largest absolute Gasteiger partial charge is 0.386 e. The first-order valence-electron chi connectivity index (χ1n) is 11.0. The number of pyridine rings is 1. The molecule has 0 spiro atoms. The number of aliphatic hydroxyl groups is 1. The first-order chi connectivity index (χ1) is 17.5. The van der Waals surface area contributed by atoms with Gasteiger partial charge in [-0.05, 0) is 49.7 Å². The van der Waals surface area contributed by atoms with E-state index in [1.807, 2.05) is 0 Å². The van der Waals surface area contributed by atoms with E-state index in [1.54, 1.807) is 18.2 Å². The van der Waals surface area contributed by atoms with Gasteiger partial charge in [0.05, 0.1) is 35.2 Å². The van der Waals surface area contributed by atoms with Gasteiger partial charge in [-0.2, -0.15) is 0 Å². The van der Waals surface area contributed by atoms with Gasteiger partial charge in [-0.1, -0.05) is 11.3 Å². The molecule has 0 fully saturated rings. The second kappa shape index (κ2) is 10.0. The predicted molar refractivity (Wildman–Crippen MR) is 133 cm³/mol. The zero-order valence-electron chi connectivity index (χ0n) is 20.0. The van der Waals surface area contributed by atoms with Gasteiger partial charge in [0.2, 0.25) is 0 Å². The first kappa shape index (κ1) is 25.9. The lowest BCUT2D eigenvalue weighted by molar-refractivity contribution is 0.0778. The number of thiophene rings is 1. The maximum absolute atomic E-state index is 14.9. The Hall–Kier alpha value is -4.23. The highest BCUT2D eigenvalue weighted by molar-refractivity contribution is 7.20. The molecule has 0 saturated carbocycles. The fourth-order valence-corrected chi connectivity index (χ4v) is 4.60. The number of primary amides is 1. The predicted octanol–water partition coefficient (Wildman–Crippen LogP) is 3.16. The van der Waals surface area contributed by atoms with E-state index < -0.39 is 23.1 Å². The lowest BCUT2D eigenvalue weighted by Gasteiger charge is -2.18. The molecule has 5 N–H and O–H groups in total. The molecule has 10 nitrogen and oxygen atoms in total. The smallest absolute Gasteiger partial charge is 0.273 e. The molecule has 0 saturated heterocycles. The Bertz CT molecular complexity index is 1470. The molecular weight excluding hydrogens is 504 g/mol. The van der Waals surface area contributed by atoms with Gasteiger partial charge in [0.25, 0.3) is 11.8 Å². The van der Waals surface area contributed by atoms with Crippen molar-refractivity contribution in [1.82, 2.24) is 25.3 Å². The Morgan fingerprint density at radius 2 is 1.89 bits per heavy atom. The Kier molecular flexibility index (Phi) is 7.01. The number of aromatic nitrogens is 4. The molecule has 0 aliphatic carbocycles. The lowest BCUT2D eigenvalue weighted by atomic mass is 9.96. The van der Waals surface area contributed by atoms with Crippen molar-refractivity contribution in [2.75, 3.05) is 12.4 Å². The fraction of sp³-hybridized carbons (Fsp3) is 0.208. The van der Waals surface area contributed by atoms with E-state index in [0.717, 1.165) is 23.5 Å². The van der Waals surface area contributed by atoms with Gasteiger partial charge in [-0.3, -0.25) is 9.59 Å². The maximum atomic E-state index is 14.9. The Morgan fingerprint density at radius 3 is 2.51 bits per heavy atom. The van der Waals surface area contributed by atoms with Crippen molar-refractivity contribution in [3.05, 3.63) is 76.7 Å². The molecule has 0 bridgehead atoms. The van der Waals surface area contributed by atoms with Gasteiger partial charge in [-0.25, -0.2) is 18.4 Å². The van der Waals surface area contributed by atoms with Crippen molar-refractivity contribution in [1.29, 1.82) is 0 Å². The van der Waals surface area contributed by atoms with Crippen LogP contribution in [0, 0.1) is 11.6 Å². The molecule has 3 heterocycles. The maximum Gasteiger partial charge on any atom is 0.273 e. The van der Waals surface area contributed by atoms with Crippen LogP contribution in [0.15, 0.2) is 42.6 Å². The van der Waals surface area contributed by atoms with Crippen LogP contribution in [0.25, 0.3) is 10.4 Å². The highest BCUT2D eigenvalue weighted by Crippen LogP contribution is 2.40. The number of halogens is 2. The standard InChI is InChI=1S/C24H23F2N7O3S/c1-24(2,36)12-7-15(25)20(16(26)8-12)18-9-14(21(27)34)23(37-18)30-19-6-4-5-13(29-19)10-33-11-17(31-32-33)22(35)28-3/h4-9,11,36H,10H2,1-3H3,(H2,27,34)(H,28,35)(H,29,30). The normalized spacial score (nSPS) is 11.4. The van der Waals surface area contributed by atoms with Crippen molar-refractivity contribution in [3.8, 4) is 10.4 Å². The SMILES string of the molecule is CNC(=O)c1cn(Cc2cccc(Nc3sc(-c4c(F)cc(C(C)(C)O)cc4F)cc3C(N)=O)n2)nn1. The number of carbonyl (C=O) groups excluding carboxylic acids is 2. The Morgan fingerprint density at radius 1 is 1.19 bits per heavy atom. The number of nitrogens with two attached hydrogens (primary N) is 1. The van der Waals surface area contributed by atoms with Gasteiger partial charge in [0, 0.05) is 11.9 Å². The highest BCUT2D eigenvalue weighted by atomic mass is 32.1. The lowest BCUT2D eigenvalue weighted by Crippen LogP contribution is -2.18. The van der Waals surface area contributed by atoms with Gasteiger partial charge in [0.15, 0.2) is 5.69 Å². The summed E-state index contributed by atoms with van der Waals surface area (Å²) in [6.07, 6.45) is 1.48. The van der Waals surface area contributed by atoms with Crippen molar-refractivity contribution < 1.29 is 23.5 Å². The molecule has 4 rings (SSSR count). The minimum Gasteiger partial charge on any atom is -0.386 e. The first-order valence-corrected chi connectivity index (χ1v) is 11.8. The number of amides is 2. The zero-order valence-corrected chi connectivity index (χ0v) is 20.9. The topological polar surface area (TPSA) is 148 Å². The van der Waals surface area contributed by atoms with Crippen LogP contribution in [0.3, 0.4) is 0 Å². The molecule has 1 aromatic carbocycles. The van der Waals surface area contributed by atoms with E-state index in [0.29, 0.717) is 11.5 Å². The van der Waals surface area contributed by atoms with Gasteiger partial charge in [-0.15, -0.1) is 16.4 Å². The second-order valence-corrected chi connectivity index (χ2v) is 9.66. The Labute approximate surface area is 214 Å². The van der Waals surface area contributed by atoms with Crippen molar-refractivity contribution >= 4 is 34.0 Å². The third kappa shape index (κ3) is 5.62. The number of carbonyl (C=O) groups is 2. The highest BCUT2D eigenvalue weighted by Gasteiger charge is 2.24. The molecule has 0 atom stereocenters. The van der Waals surface area contributed by atoms with Crippen molar-refractivity contribution in [2.45, 2.75) is 26.0 Å². The van der Waals surface area contributed by atoms with E-state index in [2.05, 4.69) is 25.9 Å². The summed E-state index contributed by atoms with van der Waals surface area (Å²) in [5, 5.41) is 23.5. The summed E-state index contributed by atoms with van der Waals surface area (Å²) in [6.45, 7) is 3.05. The van der Waals surface area contributed by atoms with Crippen LogP contribution in [-0.4, -0.2) is 43.9 Å². The molecule has 3 aromatic heterocycles. The number of benzene rings is 1. The molecule has 0 radical (unpaired) electrons. The number of hydrogen-bond donors (Lipinski definition) is 4. The average Bonchev–Trinajstić information content (AvgIpc) is 3.45. The van der Waals surface area contributed by atoms with E-state index in [1.165, 1.54) is 37.8 Å². The number of anilines is 2. The van der Waals surface area contributed by atoms with E-state index in [-0.39, 0.29) is 44.7 Å². The number of nitrogens with one attached hydrogen (secondary N) is 2. The molecule has 4 aromatic rings. The minimum atomic E-state index is -1.44. The monoisotopic (exact) mass is 527 g/mol. The molecule has 0 aliphatic heterocycles. The summed E-state index contributed by atoms with van der Waals surface area (Å²) in [5.74, 6) is -2.59. The van der Waals surface area contributed by atoms with E-state index in [4.69, 9.17) is 5.73 Å². The van der Waals surface area contributed by atoms with Gasteiger partial charge < -0.3 is 21.5 Å². The molecule has 13 heteroatoms. The number of nitrogens with zero attached hydrogens (tertiary/aromatic N) is 4. The van der Waals surface area contributed by atoms with Crippen LogP contribution in [0.1, 0.15) is 46.0 Å². The summed E-state index contributed by atoms with van der Waals surface area (Å²) >= 11 is 0.930. The van der Waals surface area contributed by atoms with E-state index in [9.17, 15) is 23.5 Å². The van der Waals surface area contributed by atoms with Crippen LogP contribution in [0.5, 0.6) is 0 Å². The summed E-state index contributed by atoms with van der Waals surface area (Å²) in [4.78, 5) is 28.4. The van der Waals surface area contributed by atoms with Crippen LogP contribution < -0.4 is 16.4 Å². The van der Waals surface area contributed by atoms with Crippen LogP contribution in [-0.2, 0) is 12.1 Å². The molecule has 2 amide bonds. The van der Waals surface area contributed by atoms with Crippen LogP contribution >= 0.6 is 11.3 Å². The third-order valence-corrected chi connectivity index (χ3v) is 6.43. The van der Waals surface area contributed by atoms with Crippen LogP contribution in [0.4, 0.5) is 19.6 Å². The number of hydrogen-bond acceptors (Lipinski definition) is 8. The summed E-state index contributed by atoms with van der Waals surface area (Å²) in [7, 11) is 1.49. The summed E-state index contributed by atoms with van der Waals surface area (Å²) in [5.41, 5.74) is 4.58. The molecule has 0 unspecified atom stereocenters.